The molecule has 3 aromatic rings. The number of aromatic nitrogens is 2. The van der Waals surface area contributed by atoms with Gasteiger partial charge in [-0.3, -0.25) is 0 Å². The van der Waals surface area contributed by atoms with Crippen molar-refractivity contribution in [3.05, 3.63) is 57.6 Å². The van der Waals surface area contributed by atoms with E-state index in [0.717, 1.165) is 34.5 Å². The smallest absolute Gasteiger partial charge is 0.226 e. The lowest BCUT2D eigenvalue weighted by Crippen LogP contribution is -2.38. The second-order valence-electron chi connectivity index (χ2n) is 6.27. The minimum absolute atomic E-state index is 0.280. The van der Waals surface area contributed by atoms with Crippen LogP contribution >= 0.6 is 11.3 Å². The number of nitrogens with one attached hydrogen (secondary N) is 2. The molecule has 0 spiro atoms. The Bertz CT molecular complexity index is 913. The van der Waals surface area contributed by atoms with Crippen molar-refractivity contribution in [3.63, 3.8) is 0 Å². The quantitative estimate of drug-likeness (QED) is 0.465. The molecule has 1 aromatic carbocycles. The van der Waals surface area contributed by atoms with Gasteiger partial charge in [0.25, 0.3) is 0 Å². The molecule has 0 amide bonds. The summed E-state index contributed by atoms with van der Waals surface area (Å²) in [5, 5.41) is 7.54. The van der Waals surface area contributed by atoms with Gasteiger partial charge in [0.15, 0.2) is 5.96 Å². The Kier molecular flexibility index (Phi) is 6.76. The van der Waals surface area contributed by atoms with E-state index in [1.165, 1.54) is 17.0 Å². The topological polar surface area (TPSA) is 75.3 Å². The molecule has 148 valence electrons. The lowest BCUT2D eigenvalue weighted by atomic mass is 10.2. The average molecular weight is 402 g/mol. The number of halogens is 1. The van der Waals surface area contributed by atoms with Crippen LogP contribution in [-0.2, 0) is 13.0 Å². The first-order chi connectivity index (χ1) is 13.5. The molecular weight excluding hydrogens is 377 g/mol. The average Bonchev–Trinajstić information content (AvgIpc) is 3.27. The molecule has 2 N–H and O–H groups in total. The molecule has 8 heteroatoms. The van der Waals surface area contributed by atoms with Gasteiger partial charge in [0.05, 0.1) is 17.9 Å². The van der Waals surface area contributed by atoms with Crippen LogP contribution in [0.5, 0.6) is 0 Å². The summed E-state index contributed by atoms with van der Waals surface area (Å²) in [4.78, 5) is 14.8. The van der Waals surface area contributed by atoms with Crippen LogP contribution in [0.15, 0.2) is 39.9 Å². The van der Waals surface area contributed by atoms with Gasteiger partial charge in [-0.1, -0.05) is 0 Å². The summed E-state index contributed by atoms with van der Waals surface area (Å²) in [6.07, 6.45) is 2.32. The zero-order chi connectivity index (χ0) is 19.9. The van der Waals surface area contributed by atoms with Gasteiger partial charge in [-0.25, -0.2) is 19.4 Å². The maximum absolute atomic E-state index is 13.0. The predicted octanol–water partition coefficient (Wildman–Crippen LogP) is 3.85. The van der Waals surface area contributed by atoms with Crippen LogP contribution in [-0.4, -0.2) is 29.0 Å². The van der Waals surface area contributed by atoms with Gasteiger partial charge < -0.3 is 15.1 Å². The second-order valence-corrected chi connectivity index (χ2v) is 7.56. The zero-order valence-electron chi connectivity index (χ0n) is 16.3. The highest BCUT2D eigenvalue weighted by Crippen LogP contribution is 2.19. The number of guanidine groups is 1. The van der Waals surface area contributed by atoms with Crippen molar-refractivity contribution in [1.82, 2.24) is 20.6 Å². The molecular formula is C20H24FN5OS. The second kappa shape index (κ2) is 9.45. The highest BCUT2D eigenvalue weighted by molar-refractivity contribution is 7.11. The summed E-state index contributed by atoms with van der Waals surface area (Å²) < 4.78 is 18.5. The number of aliphatic imine (C=N–C) groups is 1. The SMILES string of the molecule is CCNC(=NCc1nc(C)c(C)s1)NCCc1coc(-c2ccc(F)cc2)n1. The fraction of sp³-hybridized carbons (Fsp3) is 0.350. The van der Waals surface area contributed by atoms with Gasteiger partial charge in [0, 0.05) is 30.0 Å². The van der Waals surface area contributed by atoms with E-state index in [4.69, 9.17) is 4.42 Å². The minimum atomic E-state index is -0.280. The summed E-state index contributed by atoms with van der Waals surface area (Å²) in [5.74, 6) is 0.957. The van der Waals surface area contributed by atoms with Gasteiger partial charge in [-0.05, 0) is 45.0 Å². The third-order valence-corrected chi connectivity index (χ3v) is 5.16. The van der Waals surface area contributed by atoms with E-state index < -0.39 is 0 Å². The number of aryl methyl sites for hydroxylation is 2. The number of hydrogen-bond donors (Lipinski definition) is 2. The summed E-state index contributed by atoms with van der Waals surface area (Å²) in [6, 6.07) is 6.10. The lowest BCUT2D eigenvalue weighted by Gasteiger charge is -2.10. The Morgan fingerprint density at radius 2 is 1.96 bits per heavy atom. The first kappa shape index (κ1) is 20.0. The molecule has 0 atom stereocenters. The van der Waals surface area contributed by atoms with Crippen molar-refractivity contribution in [2.24, 2.45) is 4.99 Å². The fourth-order valence-electron chi connectivity index (χ4n) is 2.55. The molecule has 2 aromatic heterocycles. The van der Waals surface area contributed by atoms with E-state index in [1.54, 1.807) is 29.7 Å². The van der Waals surface area contributed by atoms with E-state index in [9.17, 15) is 4.39 Å². The van der Waals surface area contributed by atoms with Crippen LogP contribution in [0, 0.1) is 19.7 Å². The van der Waals surface area contributed by atoms with Crippen LogP contribution in [0.25, 0.3) is 11.5 Å². The summed E-state index contributed by atoms with van der Waals surface area (Å²) >= 11 is 1.68. The molecule has 28 heavy (non-hydrogen) atoms. The molecule has 0 aliphatic heterocycles. The van der Waals surface area contributed by atoms with E-state index in [2.05, 4.69) is 32.5 Å². The van der Waals surface area contributed by atoms with Crippen molar-refractivity contribution in [1.29, 1.82) is 0 Å². The molecule has 3 rings (SSSR count). The third kappa shape index (κ3) is 5.39. The number of thiazole rings is 1. The van der Waals surface area contributed by atoms with Crippen molar-refractivity contribution in [3.8, 4) is 11.5 Å². The molecule has 0 bridgehead atoms. The normalized spacial score (nSPS) is 11.6. The number of hydrogen-bond acceptors (Lipinski definition) is 5. The molecule has 0 saturated heterocycles. The van der Waals surface area contributed by atoms with Gasteiger partial charge in [0.2, 0.25) is 5.89 Å². The number of rotatable bonds is 7. The van der Waals surface area contributed by atoms with Gasteiger partial charge in [0.1, 0.15) is 17.1 Å². The molecule has 0 radical (unpaired) electrons. The van der Waals surface area contributed by atoms with Gasteiger partial charge in [-0.15, -0.1) is 11.3 Å². The van der Waals surface area contributed by atoms with Crippen LogP contribution in [0.3, 0.4) is 0 Å². The van der Waals surface area contributed by atoms with E-state index in [1.807, 2.05) is 13.8 Å². The molecule has 0 unspecified atom stereocenters. The largest absolute Gasteiger partial charge is 0.444 e. The maximum atomic E-state index is 13.0. The van der Waals surface area contributed by atoms with Gasteiger partial charge >= 0.3 is 0 Å². The number of benzene rings is 1. The Morgan fingerprint density at radius 1 is 1.18 bits per heavy atom. The fourth-order valence-corrected chi connectivity index (χ4v) is 3.41. The first-order valence-corrected chi connectivity index (χ1v) is 10.0. The van der Waals surface area contributed by atoms with E-state index in [-0.39, 0.29) is 5.82 Å². The van der Waals surface area contributed by atoms with Crippen molar-refractivity contribution >= 4 is 17.3 Å². The standard InChI is InChI=1S/C20H24FN5OS/c1-4-22-20(24-11-18-25-13(2)14(3)28-18)23-10-9-17-12-27-19(26-17)15-5-7-16(21)8-6-15/h5-8,12H,4,9-11H2,1-3H3,(H2,22,23,24). The van der Waals surface area contributed by atoms with E-state index >= 15 is 0 Å². The maximum Gasteiger partial charge on any atom is 0.226 e. The Balaban J connectivity index is 1.54. The number of nitrogens with zero attached hydrogens (tertiary/aromatic N) is 3. The molecule has 0 saturated carbocycles. The highest BCUT2D eigenvalue weighted by Gasteiger charge is 2.08. The lowest BCUT2D eigenvalue weighted by molar-refractivity contribution is 0.571. The van der Waals surface area contributed by atoms with Crippen molar-refractivity contribution in [2.75, 3.05) is 13.1 Å². The van der Waals surface area contributed by atoms with Crippen LogP contribution in [0.1, 0.15) is 28.2 Å². The molecule has 2 heterocycles. The Labute approximate surface area is 167 Å². The van der Waals surface area contributed by atoms with Crippen LogP contribution < -0.4 is 10.6 Å². The predicted molar refractivity (Wildman–Crippen MR) is 110 cm³/mol. The first-order valence-electron chi connectivity index (χ1n) is 9.20. The molecule has 0 aliphatic rings. The molecule has 6 nitrogen and oxygen atoms in total. The summed E-state index contributed by atoms with van der Waals surface area (Å²) in [6.45, 7) is 8.11. The van der Waals surface area contributed by atoms with Crippen molar-refractivity contribution < 1.29 is 8.81 Å². The third-order valence-electron chi connectivity index (χ3n) is 4.11. The monoisotopic (exact) mass is 401 g/mol. The molecule has 0 fully saturated rings. The van der Waals surface area contributed by atoms with Crippen LogP contribution in [0.2, 0.25) is 0 Å². The van der Waals surface area contributed by atoms with Crippen LogP contribution in [0.4, 0.5) is 4.39 Å². The highest BCUT2D eigenvalue weighted by atomic mass is 32.1. The van der Waals surface area contributed by atoms with E-state index in [0.29, 0.717) is 25.4 Å². The molecule has 0 aliphatic carbocycles. The van der Waals surface area contributed by atoms with Crippen molar-refractivity contribution in [2.45, 2.75) is 33.7 Å². The Hall–Kier alpha value is -2.74. The zero-order valence-corrected chi connectivity index (χ0v) is 17.1. The minimum Gasteiger partial charge on any atom is -0.444 e. The summed E-state index contributed by atoms with van der Waals surface area (Å²) in [7, 11) is 0. The number of oxazole rings is 1. The van der Waals surface area contributed by atoms with Gasteiger partial charge in [-0.2, -0.15) is 0 Å². The Morgan fingerprint density at radius 3 is 2.64 bits per heavy atom. The summed E-state index contributed by atoms with van der Waals surface area (Å²) in [5.41, 5.74) is 2.65.